The van der Waals surface area contributed by atoms with Crippen LogP contribution < -0.4 is 0 Å². The van der Waals surface area contributed by atoms with Gasteiger partial charge in [-0.25, -0.2) is 4.39 Å². The Kier molecular flexibility index (Phi) is 4.18. The monoisotopic (exact) mass is 400 g/mol. The molecule has 0 nitrogen and oxygen atoms in total. The number of halogens is 5. The normalized spacial score (nSPS) is 10.6. The average Bonchev–Trinajstić information content (AvgIpc) is 2.22. The third-order valence-corrected chi connectivity index (χ3v) is 3.84. The van der Waals surface area contributed by atoms with Gasteiger partial charge in [-0.15, -0.1) is 0 Å². The van der Waals surface area contributed by atoms with Gasteiger partial charge in [0.05, 0.1) is 10.0 Å². The van der Waals surface area contributed by atoms with Crippen LogP contribution in [0.25, 0.3) is 11.1 Å². The maximum Gasteiger partial charge on any atom is 0.124 e. The van der Waals surface area contributed by atoms with Crippen LogP contribution >= 0.6 is 57.4 Å². The molecular weight excluding hydrogens is 396 g/mol. The Labute approximate surface area is 127 Å². The first-order chi connectivity index (χ1) is 7.97. The fourth-order valence-corrected chi connectivity index (χ4v) is 2.74. The highest BCUT2D eigenvalue weighted by molar-refractivity contribution is 14.1. The predicted octanol–water partition coefficient (Wildman–Crippen LogP) is 6.06. The van der Waals surface area contributed by atoms with Gasteiger partial charge in [0.1, 0.15) is 5.82 Å². The molecule has 0 unspecified atom stereocenters. The van der Waals surface area contributed by atoms with E-state index in [4.69, 9.17) is 34.8 Å². The summed E-state index contributed by atoms with van der Waals surface area (Å²) in [5.74, 6) is -0.311. The molecule has 0 aromatic heterocycles. The minimum atomic E-state index is -0.311. The second-order valence-corrected chi connectivity index (χ2v) is 5.87. The minimum absolute atomic E-state index is 0.311. The smallest absolute Gasteiger partial charge is 0.124 e. The van der Waals surface area contributed by atoms with Gasteiger partial charge in [0, 0.05) is 14.2 Å². The summed E-state index contributed by atoms with van der Waals surface area (Å²) in [6.45, 7) is 0. The summed E-state index contributed by atoms with van der Waals surface area (Å²) in [7, 11) is 0. The van der Waals surface area contributed by atoms with Gasteiger partial charge in [-0.1, -0.05) is 34.8 Å². The van der Waals surface area contributed by atoms with Crippen LogP contribution in [0, 0.1) is 9.39 Å². The first-order valence-electron chi connectivity index (χ1n) is 4.58. The van der Waals surface area contributed by atoms with Gasteiger partial charge in [0.25, 0.3) is 0 Å². The standard InChI is InChI=1S/C12H5Cl3FI/c13-10-5-12(15)11(14)4-9(10)6-1-7(16)3-8(17)2-6/h1-5H. The summed E-state index contributed by atoms with van der Waals surface area (Å²) in [4.78, 5) is 0. The van der Waals surface area contributed by atoms with Crippen molar-refractivity contribution < 1.29 is 4.39 Å². The lowest BCUT2D eigenvalue weighted by molar-refractivity contribution is 0.627. The zero-order valence-electron chi connectivity index (χ0n) is 8.28. The maximum absolute atomic E-state index is 13.3. The molecule has 0 heterocycles. The molecule has 2 rings (SSSR count). The average molecular weight is 401 g/mol. The van der Waals surface area contributed by atoms with Crippen LogP contribution in [-0.4, -0.2) is 0 Å². The zero-order chi connectivity index (χ0) is 12.6. The molecule has 0 saturated carbocycles. The summed E-state index contributed by atoms with van der Waals surface area (Å²) in [6.07, 6.45) is 0. The van der Waals surface area contributed by atoms with Gasteiger partial charge >= 0.3 is 0 Å². The molecule has 0 N–H and O–H groups in total. The Hall–Kier alpha value is -0.0300. The van der Waals surface area contributed by atoms with E-state index >= 15 is 0 Å². The number of benzene rings is 2. The number of rotatable bonds is 1. The van der Waals surface area contributed by atoms with E-state index in [9.17, 15) is 4.39 Å². The van der Waals surface area contributed by atoms with Crippen molar-refractivity contribution in [2.45, 2.75) is 0 Å². The van der Waals surface area contributed by atoms with Crippen molar-refractivity contribution in [2.75, 3.05) is 0 Å². The second-order valence-electron chi connectivity index (χ2n) is 3.40. The van der Waals surface area contributed by atoms with E-state index in [1.807, 2.05) is 28.7 Å². The molecule has 0 atom stereocenters. The molecule has 0 aliphatic heterocycles. The summed E-state index contributed by atoms with van der Waals surface area (Å²) >= 11 is 19.9. The molecule has 0 fully saturated rings. The summed E-state index contributed by atoms with van der Waals surface area (Å²) in [5.41, 5.74) is 1.34. The van der Waals surface area contributed by atoms with Crippen LogP contribution in [0.3, 0.4) is 0 Å². The molecule has 5 heteroatoms. The lowest BCUT2D eigenvalue weighted by Crippen LogP contribution is -1.85. The Morgan fingerprint density at radius 1 is 0.824 bits per heavy atom. The topological polar surface area (TPSA) is 0 Å². The lowest BCUT2D eigenvalue weighted by atomic mass is 10.1. The van der Waals surface area contributed by atoms with Crippen LogP contribution in [0.2, 0.25) is 15.1 Å². The molecule has 0 saturated heterocycles. The van der Waals surface area contributed by atoms with Crippen LogP contribution in [-0.2, 0) is 0 Å². The maximum atomic E-state index is 13.3. The van der Waals surface area contributed by atoms with E-state index in [1.165, 1.54) is 12.1 Å². The minimum Gasteiger partial charge on any atom is -0.207 e. The van der Waals surface area contributed by atoms with E-state index in [0.717, 1.165) is 3.57 Å². The SMILES string of the molecule is Fc1cc(I)cc(-c2cc(Cl)c(Cl)cc2Cl)c1. The Morgan fingerprint density at radius 3 is 2.12 bits per heavy atom. The first kappa shape index (κ1) is 13.4. The highest BCUT2D eigenvalue weighted by atomic mass is 127. The van der Waals surface area contributed by atoms with E-state index in [1.54, 1.807) is 12.1 Å². The molecule has 17 heavy (non-hydrogen) atoms. The van der Waals surface area contributed by atoms with Crippen molar-refractivity contribution in [3.63, 3.8) is 0 Å². The van der Waals surface area contributed by atoms with Gasteiger partial charge in [0.2, 0.25) is 0 Å². The summed E-state index contributed by atoms with van der Waals surface area (Å²) in [5, 5.41) is 1.22. The molecule has 2 aromatic carbocycles. The largest absolute Gasteiger partial charge is 0.207 e. The Bertz CT molecular complexity index is 564. The molecule has 0 bridgehead atoms. The highest BCUT2D eigenvalue weighted by Gasteiger charge is 2.09. The lowest BCUT2D eigenvalue weighted by Gasteiger charge is -2.07. The van der Waals surface area contributed by atoms with Crippen LogP contribution in [0.5, 0.6) is 0 Å². The van der Waals surface area contributed by atoms with Crippen molar-refractivity contribution in [1.82, 2.24) is 0 Å². The fourth-order valence-electron chi connectivity index (χ4n) is 1.45. The third kappa shape index (κ3) is 3.05. The molecule has 2 aromatic rings. The van der Waals surface area contributed by atoms with Crippen LogP contribution in [0.4, 0.5) is 4.39 Å². The van der Waals surface area contributed by atoms with Crippen molar-refractivity contribution in [2.24, 2.45) is 0 Å². The third-order valence-electron chi connectivity index (χ3n) is 2.18. The quantitative estimate of drug-likeness (QED) is 0.403. The molecule has 0 aliphatic rings. The Balaban J connectivity index is 2.64. The number of hydrogen-bond donors (Lipinski definition) is 0. The molecule has 0 aliphatic carbocycles. The van der Waals surface area contributed by atoms with Gasteiger partial charge in [0.15, 0.2) is 0 Å². The van der Waals surface area contributed by atoms with E-state index in [-0.39, 0.29) is 5.82 Å². The predicted molar refractivity (Wildman–Crippen MR) is 79.6 cm³/mol. The zero-order valence-corrected chi connectivity index (χ0v) is 12.7. The van der Waals surface area contributed by atoms with Gasteiger partial charge in [-0.3, -0.25) is 0 Å². The van der Waals surface area contributed by atoms with Crippen LogP contribution in [0.1, 0.15) is 0 Å². The molecular formula is C12H5Cl3FI. The van der Waals surface area contributed by atoms with E-state index in [2.05, 4.69) is 0 Å². The van der Waals surface area contributed by atoms with Crippen molar-refractivity contribution in [3.8, 4) is 11.1 Å². The van der Waals surface area contributed by atoms with Gasteiger partial charge in [-0.2, -0.15) is 0 Å². The Morgan fingerprint density at radius 2 is 1.47 bits per heavy atom. The first-order valence-corrected chi connectivity index (χ1v) is 6.79. The molecule has 0 spiro atoms. The van der Waals surface area contributed by atoms with E-state index in [0.29, 0.717) is 26.2 Å². The molecule has 0 radical (unpaired) electrons. The van der Waals surface area contributed by atoms with Gasteiger partial charge in [-0.05, 0) is 58.5 Å². The molecule has 88 valence electrons. The van der Waals surface area contributed by atoms with Gasteiger partial charge < -0.3 is 0 Å². The van der Waals surface area contributed by atoms with Crippen molar-refractivity contribution >= 4 is 57.4 Å². The van der Waals surface area contributed by atoms with E-state index < -0.39 is 0 Å². The van der Waals surface area contributed by atoms with Crippen LogP contribution in [0.15, 0.2) is 30.3 Å². The second kappa shape index (κ2) is 5.31. The van der Waals surface area contributed by atoms with Crippen molar-refractivity contribution in [3.05, 3.63) is 54.8 Å². The molecule has 0 amide bonds. The highest BCUT2D eigenvalue weighted by Crippen LogP contribution is 2.35. The summed E-state index contributed by atoms with van der Waals surface area (Å²) < 4.78 is 14.1. The van der Waals surface area contributed by atoms with Crippen molar-refractivity contribution in [1.29, 1.82) is 0 Å². The summed E-state index contributed by atoms with van der Waals surface area (Å²) in [6, 6.07) is 7.87. The number of hydrogen-bond acceptors (Lipinski definition) is 0. The fraction of sp³-hybridized carbons (Fsp3) is 0.